The molecule has 2 heterocycles. The van der Waals surface area contributed by atoms with Gasteiger partial charge in [0.05, 0.1) is 25.7 Å². The highest BCUT2D eigenvalue weighted by molar-refractivity contribution is 8.14. The Hall–Kier alpha value is -1.45. The number of hydrogen-bond acceptors (Lipinski definition) is 14. The summed E-state index contributed by atoms with van der Waals surface area (Å²) in [4.78, 5) is 0. The van der Waals surface area contributed by atoms with Gasteiger partial charge >= 0.3 is 10.3 Å². The van der Waals surface area contributed by atoms with Gasteiger partial charge in [0.25, 0.3) is 0 Å². The Morgan fingerprint density at radius 1 is 1.05 bits per heavy atom. The molecule has 3 rings (SSSR count). The summed E-state index contributed by atoms with van der Waals surface area (Å²) in [6.07, 6.45) is -14.9. The number of nitrogens with zero attached hydrogens (tertiary/aromatic N) is 1. The zero-order valence-electron chi connectivity index (χ0n) is 19.1. The molecule has 2 fully saturated rings. The number of rotatable bonds is 8. The third-order valence-electron chi connectivity index (χ3n) is 5.80. The molecule has 0 aliphatic carbocycles. The van der Waals surface area contributed by atoms with Gasteiger partial charge in [-0.05, 0) is 17.3 Å². The van der Waals surface area contributed by atoms with Crippen molar-refractivity contribution in [3.05, 3.63) is 41.1 Å². The Morgan fingerprint density at radius 3 is 2.30 bits per heavy atom. The molecule has 37 heavy (non-hydrogen) atoms. The highest BCUT2D eigenvalue weighted by Gasteiger charge is 2.46. The van der Waals surface area contributed by atoms with Crippen molar-refractivity contribution < 1.29 is 67.1 Å². The predicted molar refractivity (Wildman–Crippen MR) is 124 cm³/mol. The van der Waals surface area contributed by atoms with E-state index in [9.17, 15) is 53.9 Å². The van der Waals surface area contributed by atoms with Crippen molar-refractivity contribution in [1.29, 1.82) is 0 Å². The molecule has 8 N–H and O–H groups in total. The van der Waals surface area contributed by atoms with Crippen LogP contribution in [0.25, 0.3) is 0 Å². The monoisotopic (exact) mass is 571 g/mol. The summed E-state index contributed by atoms with van der Waals surface area (Å²) in [5.74, 6) is 0. The Labute approximate surface area is 215 Å². The highest BCUT2D eigenvalue weighted by Crippen LogP contribution is 2.34. The first-order valence-electron chi connectivity index (χ1n) is 11.0. The van der Waals surface area contributed by atoms with Gasteiger partial charge in [-0.15, -0.1) is 8.42 Å². The van der Waals surface area contributed by atoms with E-state index in [0.29, 0.717) is 5.56 Å². The van der Waals surface area contributed by atoms with Crippen LogP contribution in [-0.2, 0) is 24.5 Å². The maximum Gasteiger partial charge on any atom is 0.518 e. The fourth-order valence-corrected chi connectivity index (χ4v) is 5.57. The van der Waals surface area contributed by atoms with Gasteiger partial charge in [-0.3, -0.25) is 0 Å². The van der Waals surface area contributed by atoms with Crippen LogP contribution in [0.1, 0.15) is 18.1 Å². The Bertz CT molecular complexity index is 1030. The first-order valence-corrected chi connectivity index (χ1v) is 13.3. The minimum absolute atomic E-state index is 0.284. The van der Waals surface area contributed by atoms with Gasteiger partial charge < -0.3 is 55.2 Å². The van der Waals surface area contributed by atoms with Crippen LogP contribution >= 0.6 is 11.8 Å². The fourth-order valence-electron chi connectivity index (χ4n) is 3.72. The molecule has 0 saturated carbocycles. The van der Waals surface area contributed by atoms with Crippen LogP contribution in [0, 0.1) is 5.21 Å². The quantitative estimate of drug-likeness (QED) is 0.0382. The maximum absolute atomic E-state index is 12.6. The first kappa shape index (κ1) is 30.1. The van der Waals surface area contributed by atoms with E-state index in [-0.39, 0.29) is 11.8 Å². The molecule has 1 aromatic carbocycles. The number of benzene rings is 1. The molecule has 2 saturated heterocycles. The molecule has 0 spiro atoms. The van der Waals surface area contributed by atoms with E-state index in [2.05, 4.69) is 0 Å². The number of aliphatic hydroxyl groups is 7. The van der Waals surface area contributed by atoms with Crippen molar-refractivity contribution in [1.82, 2.24) is 0 Å². The number of aliphatic hydroxyl groups excluding tert-OH is 7. The third kappa shape index (κ3) is 7.15. The average Bonchev–Trinajstić information content (AvgIpc) is 2.87. The summed E-state index contributed by atoms with van der Waals surface area (Å²) in [6, 6.07) is 7.89. The minimum Gasteiger partial charge on any atom is -0.605 e. The summed E-state index contributed by atoms with van der Waals surface area (Å²) in [5, 5.41) is 81.5. The molecular formula is C20H29NO14S2. The topological polar surface area (TPSA) is 250 Å². The molecule has 2 aliphatic rings. The Balaban J connectivity index is 1.94. The summed E-state index contributed by atoms with van der Waals surface area (Å²) < 4.78 is 48.4. The molecular weight excluding hydrogens is 542 g/mol. The lowest BCUT2D eigenvalue weighted by Gasteiger charge is -2.39. The standard InChI is InChI=1S/C20H29NO14S2/c22-7-12-15(25)16(26)18(28)20(35-12)36-13(21(29)37(30,31)32)6-11(9-4-2-1-3-5-9)34-19-17(27)14(24)10(23)8-33-19/h1-5,10-12,14-20,22-28H,6-8H2,(H,30,31,32). The molecule has 0 aromatic heterocycles. The molecule has 0 radical (unpaired) electrons. The smallest absolute Gasteiger partial charge is 0.518 e. The SMILES string of the molecule is O=S(=O)(O)[N+]([O-])=C(CC(OC1OCC(O)C(O)C1O)c1ccccc1)SC1OC(CO)C(O)C(O)C1O. The van der Waals surface area contributed by atoms with Gasteiger partial charge in [-0.25, -0.2) is 4.55 Å². The number of ether oxygens (including phenoxy) is 3. The normalized spacial score (nSPS) is 36.6. The summed E-state index contributed by atoms with van der Waals surface area (Å²) in [7, 11) is -5.39. The van der Waals surface area contributed by atoms with E-state index >= 15 is 0 Å². The van der Waals surface area contributed by atoms with Gasteiger partial charge in [-0.2, -0.15) is 0 Å². The van der Waals surface area contributed by atoms with Gasteiger partial charge in [-0.1, -0.05) is 34.5 Å². The molecule has 15 nitrogen and oxygen atoms in total. The van der Waals surface area contributed by atoms with Crippen LogP contribution in [0.15, 0.2) is 30.3 Å². The van der Waals surface area contributed by atoms with Crippen LogP contribution in [0.4, 0.5) is 0 Å². The van der Waals surface area contributed by atoms with E-state index in [4.69, 9.17) is 14.2 Å². The van der Waals surface area contributed by atoms with Crippen LogP contribution in [0.5, 0.6) is 0 Å². The van der Waals surface area contributed by atoms with Crippen molar-refractivity contribution in [3.63, 3.8) is 0 Å². The van der Waals surface area contributed by atoms with Crippen molar-refractivity contribution in [3.8, 4) is 0 Å². The second-order valence-corrected chi connectivity index (χ2v) is 10.8. The first-order chi connectivity index (χ1) is 17.3. The van der Waals surface area contributed by atoms with Crippen molar-refractivity contribution >= 4 is 27.1 Å². The van der Waals surface area contributed by atoms with E-state index in [1.54, 1.807) is 18.2 Å². The van der Waals surface area contributed by atoms with Gasteiger partial charge in [0.15, 0.2) is 6.29 Å². The molecule has 1 aromatic rings. The molecule has 210 valence electrons. The zero-order valence-corrected chi connectivity index (χ0v) is 20.7. The Kier molecular flexibility index (Phi) is 10.3. The van der Waals surface area contributed by atoms with Crippen molar-refractivity contribution in [2.24, 2.45) is 0 Å². The molecule has 2 aliphatic heterocycles. The molecule has 10 atom stereocenters. The van der Waals surface area contributed by atoms with Crippen LogP contribution in [0.2, 0.25) is 0 Å². The summed E-state index contributed by atoms with van der Waals surface area (Å²) in [5.41, 5.74) is -1.23. The second kappa shape index (κ2) is 12.6. The molecule has 0 bridgehead atoms. The van der Waals surface area contributed by atoms with E-state index in [0.717, 1.165) is 0 Å². The molecule has 17 heteroatoms. The van der Waals surface area contributed by atoms with Crippen LogP contribution in [0.3, 0.4) is 0 Å². The lowest BCUT2D eigenvalue weighted by atomic mass is 10.0. The number of thioether (sulfide) groups is 1. The van der Waals surface area contributed by atoms with E-state index in [1.165, 1.54) is 12.1 Å². The van der Waals surface area contributed by atoms with E-state index in [1.807, 2.05) is 0 Å². The summed E-state index contributed by atoms with van der Waals surface area (Å²) >= 11 is 0.284. The fraction of sp³-hybridized carbons (Fsp3) is 0.650. The summed E-state index contributed by atoms with van der Waals surface area (Å²) in [6.45, 7) is -1.18. The lowest BCUT2D eigenvalue weighted by molar-refractivity contribution is -0.296. The van der Waals surface area contributed by atoms with Crippen molar-refractivity contribution in [2.45, 2.75) is 67.0 Å². The second-order valence-electron chi connectivity index (χ2n) is 8.40. The van der Waals surface area contributed by atoms with Gasteiger partial charge in [0.1, 0.15) is 48.2 Å². The lowest BCUT2D eigenvalue weighted by Crippen LogP contribution is -2.57. The zero-order chi connectivity index (χ0) is 27.5. The van der Waals surface area contributed by atoms with Gasteiger partial charge in [0, 0.05) is 0 Å². The van der Waals surface area contributed by atoms with E-state index < -0.39 is 99.7 Å². The predicted octanol–water partition coefficient (Wildman–Crippen LogP) is -3.18. The maximum atomic E-state index is 12.6. The Morgan fingerprint density at radius 2 is 1.70 bits per heavy atom. The third-order valence-corrected chi connectivity index (χ3v) is 7.78. The average molecular weight is 572 g/mol. The van der Waals surface area contributed by atoms with Crippen LogP contribution in [-0.4, -0.2) is 126 Å². The molecule has 10 unspecified atom stereocenters. The largest absolute Gasteiger partial charge is 0.605 e. The molecule has 0 amide bonds. The van der Waals surface area contributed by atoms with Gasteiger partial charge in [0.2, 0.25) is 5.04 Å². The highest BCUT2D eigenvalue weighted by atomic mass is 32.2. The van der Waals surface area contributed by atoms with Crippen LogP contribution < -0.4 is 0 Å². The number of hydrogen-bond donors (Lipinski definition) is 8. The van der Waals surface area contributed by atoms with Crippen molar-refractivity contribution in [2.75, 3.05) is 13.2 Å². The minimum atomic E-state index is -5.39.